The second-order valence-electron chi connectivity index (χ2n) is 5.88. The first-order chi connectivity index (χ1) is 12.7. The van der Waals surface area contributed by atoms with Crippen LogP contribution in [-0.2, 0) is 9.53 Å². The maximum absolute atomic E-state index is 13.8. The van der Waals surface area contributed by atoms with Gasteiger partial charge in [0.2, 0.25) is 11.5 Å². The molecule has 0 fully saturated rings. The zero-order chi connectivity index (χ0) is 20.2. The number of rotatable bonds is 7. The number of halogens is 2. The molecule has 2 rings (SSSR count). The molecule has 0 aliphatic carbocycles. The number of carbonyl (C=O) groups excluding carboxylic acids is 1. The van der Waals surface area contributed by atoms with Gasteiger partial charge in [-0.3, -0.25) is 0 Å². The minimum Gasteiger partial charge on any atom is -0.493 e. The van der Waals surface area contributed by atoms with Crippen molar-refractivity contribution in [1.29, 1.82) is 0 Å². The van der Waals surface area contributed by atoms with Crippen LogP contribution in [0.4, 0.5) is 8.78 Å². The molecule has 0 aliphatic rings. The Bertz CT molecular complexity index is 846. The van der Waals surface area contributed by atoms with Crippen LogP contribution < -0.4 is 9.47 Å². The van der Waals surface area contributed by atoms with Crippen molar-refractivity contribution >= 4 is 17.7 Å². The summed E-state index contributed by atoms with van der Waals surface area (Å²) >= 11 is 1.23. The maximum Gasteiger partial charge on any atom is 0.349 e. The van der Waals surface area contributed by atoms with Crippen molar-refractivity contribution < 1.29 is 27.8 Å². The fourth-order valence-corrected chi connectivity index (χ4v) is 2.61. The summed E-state index contributed by atoms with van der Waals surface area (Å²) < 4.78 is 43.2. The predicted molar refractivity (Wildman–Crippen MR) is 97.1 cm³/mol. The van der Waals surface area contributed by atoms with E-state index in [1.807, 2.05) is 0 Å². The van der Waals surface area contributed by atoms with Gasteiger partial charge in [0.25, 0.3) is 0 Å². The van der Waals surface area contributed by atoms with E-state index >= 15 is 0 Å². The van der Waals surface area contributed by atoms with Crippen molar-refractivity contribution in [3.63, 3.8) is 0 Å². The number of aromatic nitrogens is 2. The van der Waals surface area contributed by atoms with Gasteiger partial charge in [-0.1, -0.05) is 11.8 Å². The summed E-state index contributed by atoms with van der Waals surface area (Å²) in [6, 6.07) is 3.40. The van der Waals surface area contributed by atoms with Crippen LogP contribution in [0.2, 0.25) is 0 Å². The molecule has 146 valence electrons. The first-order valence-corrected chi connectivity index (χ1v) is 9.27. The van der Waals surface area contributed by atoms with Crippen molar-refractivity contribution in [2.24, 2.45) is 0 Å². The van der Waals surface area contributed by atoms with Crippen LogP contribution in [0.5, 0.6) is 11.6 Å². The smallest absolute Gasteiger partial charge is 0.349 e. The van der Waals surface area contributed by atoms with Crippen LogP contribution in [0.3, 0.4) is 0 Å². The molecule has 0 saturated carbocycles. The van der Waals surface area contributed by atoms with Gasteiger partial charge in [-0.2, -0.15) is 4.98 Å². The summed E-state index contributed by atoms with van der Waals surface area (Å²) in [5, 5.41) is 0.329. The molecular weight excluding hydrogens is 378 g/mol. The summed E-state index contributed by atoms with van der Waals surface area (Å²) in [5.74, 6) is -2.41. The van der Waals surface area contributed by atoms with Crippen LogP contribution >= 0.6 is 11.8 Å². The quantitative estimate of drug-likeness (QED) is 0.398. The third-order valence-corrected chi connectivity index (χ3v) is 4.05. The summed E-state index contributed by atoms with van der Waals surface area (Å²) in [4.78, 5) is 20.4. The maximum atomic E-state index is 13.8. The van der Waals surface area contributed by atoms with Crippen LogP contribution in [0.25, 0.3) is 11.3 Å². The topological polar surface area (TPSA) is 70.5 Å². The highest BCUT2D eigenvalue weighted by atomic mass is 32.2. The lowest BCUT2D eigenvalue weighted by atomic mass is 10.1. The molecule has 0 bridgehead atoms. The van der Waals surface area contributed by atoms with Crippen LogP contribution in [0.1, 0.15) is 20.8 Å². The fraction of sp³-hybridized carbons (Fsp3) is 0.389. The van der Waals surface area contributed by atoms with Gasteiger partial charge in [0.15, 0.2) is 16.8 Å². The molecule has 0 atom stereocenters. The highest BCUT2D eigenvalue weighted by Gasteiger charge is 2.32. The molecule has 1 aromatic heterocycles. The van der Waals surface area contributed by atoms with Crippen molar-refractivity contribution in [3.05, 3.63) is 29.8 Å². The van der Waals surface area contributed by atoms with E-state index < -0.39 is 23.2 Å². The Balaban J connectivity index is 2.56. The van der Waals surface area contributed by atoms with E-state index in [0.717, 1.165) is 12.1 Å². The number of nitrogens with zero attached hydrogens (tertiary/aromatic N) is 2. The van der Waals surface area contributed by atoms with Gasteiger partial charge < -0.3 is 14.2 Å². The van der Waals surface area contributed by atoms with E-state index in [1.54, 1.807) is 13.2 Å². The normalized spacial score (nSPS) is 11.2. The Morgan fingerprint density at radius 1 is 1.19 bits per heavy atom. The predicted octanol–water partition coefficient (Wildman–Crippen LogP) is 3.87. The van der Waals surface area contributed by atoms with E-state index in [2.05, 4.69) is 9.97 Å². The first-order valence-electron chi connectivity index (χ1n) is 8.04. The second kappa shape index (κ2) is 8.51. The highest BCUT2D eigenvalue weighted by Crippen LogP contribution is 2.34. The third-order valence-electron chi connectivity index (χ3n) is 3.50. The van der Waals surface area contributed by atoms with Gasteiger partial charge in [-0.05, 0) is 33.1 Å². The molecule has 0 saturated heterocycles. The average Bonchev–Trinajstić information content (AvgIpc) is 2.63. The second-order valence-corrected chi connectivity index (χ2v) is 6.65. The molecule has 6 nitrogen and oxygen atoms in total. The summed E-state index contributed by atoms with van der Waals surface area (Å²) in [6.45, 7) is 5.05. The molecule has 27 heavy (non-hydrogen) atoms. The van der Waals surface area contributed by atoms with Crippen molar-refractivity contribution in [2.75, 3.05) is 20.0 Å². The Labute approximate surface area is 160 Å². The zero-order valence-corrected chi connectivity index (χ0v) is 16.4. The lowest BCUT2D eigenvalue weighted by Gasteiger charge is -2.23. The van der Waals surface area contributed by atoms with E-state index in [4.69, 9.17) is 14.2 Å². The molecule has 0 spiro atoms. The number of hydrogen-bond donors (Lipinski definition) is 0. The average molecular weight is 398 g/mol. The Morgan fingerprint density at radius 2 is 1.85 bits per heavy atom. The molecule has 2 aromatic rings. The standard InChI is InChI=1S/C18H20F2N2O4S/c1-6-25-14-8-12(20)11(19)7-10(14)13-9-15(22-17(21-13)27-5)26-18(2,3)16(23)24-4/h7-9H,6H2,1-5H3. The minimum atomic E-state index is -1.30. The Morgan fingerprint density at radius 3 is 2.44 bits per heavy atom. The van der Waals surface area contributed by atoms with Gasteiger partial charge in [0, 0.05) is 17.7 Å². The highest BCUT2D eigenvalue weighted by molar-refractivity contribution is 7.98. The van der Waals surface area contributed by atoms with Crippen LogP contribution in [0, 0.1) is 11.6 Å². The van der Waals surface area contributed by atoms with Gasteiger partial charge in [-0.25, -0.2) is 18.6 Å². The van der Waals surface area contributed by atoms with Crippen LogP contribution in [-0.4, -0.2) is 41.5 Å². The Kier molecular flexibility index (Phi) is 6.59. The number of carbonyl (C=O) groups is 1. The molecule has 0 amide bonds. The number of methoxy groups -OCH3 is 1. The summed E-state index contributed by atoms with van der Waals surface area (Å²) in [6.07, 6.45) is 1.75. The number of benzene rings is 1. The fourth-order valence-electron chi connectivity index (χ4n) is 2.24. The van der Waals surface area contributed by atoms with Gasteiger partial charge in [-0.15, -0.1) is 0 Å². The van der Waals surface area contributed by atoms with Gasteiger partial charge in [0.1, 0.15) is 5.75 Å². The monoisotopic (exact) mass is 398 g/mol. The molecule has 0 radical (unpaired) electrons. The zero-order valence-electron chi connectivity index (χ0n) is 15.6. The molecule has 9 heteroatoms. The molecular formula is C18H20F2N2O4S. The van der Waals surface area contributed by atoms with E-state index in [0.29, 0.717) is 5.16 Å². The molecule has 0 N–H and O–H groups in total. The van der Waals surface area contributed by atoms with Crippen LogP contribution in [0.15, 0.2) is 23.4 Å². The number of esters is 1. The van der Waals surface area contributed by atoms with Crippen molar-refractivity contribution in [1.82, 2.24) is 9.97 Å². The van der Waals surface area contributed by atoms with Crippen molar-refractivity contribution in [3.8, 4) is 22.9 Å². The number of hydrogen-bond acceptors (Lipinski definition) is 7. The lowest BCUT2D eigenvalue weighted by molar-refractivity contribution is -0.156. The first kappa shape index (κ1) is 20.9. The third kappa shape index (κ3) is 4.85. The number of thioether (sulfide) groups is 1. The molecule has 1 aromatic carbocycles. The van der Waals surface area contributed by atoms with E-state index in [9.17, 15) is 13.6 Å². The minimum absolute atomic E-state index is 0.0898. The summed E-state index contributed by atoms with van der Waals surface area (Å²) in [7, 11) is 1.25. The molecule has 1 heterocycles. The number of ether oxygens (including phenoxy) is 3. The van der Waals surface area contributed by atoms with Crippen molar-refractivity contribution in [2.45, 2.75) is 31.5 Å². The SMILES string of the molecule is CCOc1cc(F)c(F)cc1-c1cc(OC(C)(C)C(=O)OC)nc(SC)n1. The molecule has 0 aliphatic heterocycles. The Hall–Kier alpha value is -2.42. The summed E-state index contributed by atoms with van der Waals surface area (Å²) in [5.41, 5.74) is -0.783. The lowest BCUT2D eigenvalue weighted by Crippen LogP contribution is -2.39. The largest absolute Gasteiger partial charge is 0.493 e. The molecule has 0 unspecified atom stereocenters. The van der Waals surface area contributed by atoms with Gasteiger partial charge >= 0.3 is 5.97 Å². The van der Waals surface area contributed by atoms with E-state index in [1.165, 1.54) is 38.8 Å². The van der Waals surface area contributed by atoms with E-state index in [-0.39, 0.29) is 29.5 Å². The van der Waals surface area contributed by atoms with Gasteiger partial charge in [0.05, 0.1) is 19.4 Å².